The van der Waals surface area contributed by atoms with Crippen LogP contribution in [0.15, 0.2) is 4.42 Å². The first-order valence-corrected chi connectivity index (χ1v) is 6.02. The van der Waals surface area contributed by atoms with Crippen molar-refractivity contribution in [3.8, 4) is 0 Å². The zero-order chi connectivity index (χ0) is 13.7. The summed E-state index contributed by atoms with van der Waals surface area (Å²) in [5.74, 6) is 1.24. The normalized spacial score (nSPS) is 10.2. The Hall–Kier alpha value is -1.78. The van der Waals surface area contributed by atoms with Crippen molar-refractivity contribution in [1.82, 2.24) is 10.6 Å². The quantitative estimate of drug-likeness (QED) is 0.779. The summed E-state index contributed by atoms with van der Waals surface area (Å²) in [6, 6.07) is 0. The Labute approximate surface area is 107 Å². The van der Waals surface area contributed by atoms with Gasteiger partial charge in [-0.25, -0.2) is 0 Å². The fourth-order valence-corrected chi connectivity index (χ4v) is 1.77. The predicted octanol–water partition coefficient (Wildman–Crippen LogP) is 1.46. The number of rotatable bonds is 5. The standard InChI is InChI=1S/C13H20N2O3/c1-8-9(2)18-10(3)12(8)13(17)15-7-5-6-14-11(4)16/h5-7H2,1-4H3,(H,14,16)(H,15,17). The molecule has 0 aliphatic rings. The van der Waals surface area contributed by atoms with Crippen molar-refractivity contribution in [3.63, 3.8) is 0 Å². The van der Waals surface area contributed by atoms with Gasteiger partial charge in [0.2, 0.25) is 5.91 Å². The largest absolute Gasteiger partial charge is 0.466 e. The van der Waals surface area contributed by atoms with Gasteiger partial charge in [0.25, 0.3) is 5.91 Å². The Bertz CT molecular complexity index is 449. The van der Waals surface area contributed by atoms with Crippen molar-refractivity contribution in [2.45, 2.75) is 34.1 Å². The summed E-state index contributed by atoms with van der Waals surface area (Å²) in [7, 11) is 0. The third-order valence-electron chi connectivity index (χ3n) is 2.80. The molecule has 0 atom stereocenters. The highest BCUT2D eigenvalue weighted by atomic mass is 16.3. The highest BCUT2D eigenvalue weighted by molar-refractivity contribution is 5.96. The maximum atomic E-state index is 11.9. The van der Waals surface area contributed by atoms with E-state index in [4.69, 9.17) is 4.42 Å². The van der Waals surface area contributed by atoms with Crippen LogP contribution >= 0.6 is 0 Å². The average Bonchev–Trinajstić information content (AvgIpc) is 2.52. The molecule has 18 heavy (non-hydrogen) atoms. The Morgan fingerprint density at radius 1 is 1.06 bits per heavy atom. The SMILES string of the molecule is CC(=O)NCCCNC(=O)c1c(C)oc(C)c1C. The smallest absolute Gasteiger partial charge is 0.255 e. The first-order chi connectivity index (χ1) is 8.43. The molecule has 1 heterocycles. The minimum Gasteiger partial charge on any atom is -0.466 e. The minimum atomic E-state index is -0.121. The average molecular weight is 252 g/mol. The summed E-state index contributed by atoms with van der Waals surface area (Å²) in [6.07, 6.45) is 0.709. The topological polar surface area (TPSA) is 71.3 Å². The van der Waals surface area contributed by atoms with Crippen molar-refractivity contribution in [3.05, 3.63) is 22.6 Å². The fourth-order valence-electron chi connectivity index (χ4n) is 1.77. The molecule has 0 radical (unpaired) electrons. The molecule has 0 saturated heterocycles. The summed E-state index contributed by atoms with van der Waals surface area (Å²) in [4.78, 5) is 22.6. The van der Waals surface area contributed by atoms with Gasteiger partial charge in [0.05, 0.1) is 5.56 Å². The lowest BCUT2D eigenvalue weighted by Crippen LogP contribution is -2.29. The van der Waals surface area contributed by atoms with Crippen molar-refractivity contribution in [1.29, 1.82) is 0 Å². The van der Waals surface area contributed by atoms with Gasteiger partial charge in [-0.05, 0) is 27.2 Å². The molecule has 100 valence electrons. The molecule has 0 aliphatic carbocycles. The third kappa shape index (κ3) is 3.61. The van der Waals surface area contributed by atoms with E-state index in [0.717, 1.165) is 11.3 Å². The number of hydrogen-bond acceptors (Lipinski definition) is 3. The van der Waals surface area contributed by atoms with Crippen molar-refractivity contribution < 1.29 is 14.0 Å². The zero-order valence-electron chi connectivity index (χ0n) is 11.3. The summed E-state index contributed by atoms with van der Waals surface area (Å²) in [5, 5.41) is 5.49. The molecule has 1 aromatic heterocycles. The summed E-state index contributed by atoms with van der Waals surface area (Å²) in [6.45, 7) is 8.07. The molecule has 0 fully saturated rings. The van der Waals surface area contributed by atoms with Gasteiger partial charge in [0, 0.05) is 25.6 Å². The van der Waals surface area contributed by atoms with Crippen LogP contribution in [0, 0.1) is 20.8 Å². The molecule has 2 N–H and O–H groups in total. The molecule has 2 amide bonds. The zero-order valence-corrected chi connectivity index (χ0v) is 11.3. The number of aryl methyl sites for hydroxylation is 2. The number of carbonyl (C=O) groups is 2. The summed E-state index contributed by atoms with van der Waals surface area (Å²) < 4.78 is 5.41. The Morgan fingerprint density at radius 3 is 2.17 bits per heavy atom. The van der Waals surface area contributed by atoms with Crippen LogP contribution in [0.3, 0.4) is 0 Å². The van der Waals surface area contributed by atoms with E-state index >= 15 is 0 Å². The molecule has 0 aliphatic heterocycles. The Morgan fingerprint density at radius 2 is 1.67 bits per heavy atom. The molecule has 5 nitrogen and oxygen atoms in total. The molecular formula is C13H20N2O3. The lowest BCUT2D eigenvalue weighted by atomic mass is 10.1. The van der Waals surface area contributed by atoms with E-state index in [9.17, 15) is 9.59 Å². The van der Waals surface area contributed by atoms with Gasteiger partial charge in [0.1, 0.15) is 11.5 Å². The highest BCUT2D eigenvalue weighted by Gasteiger charge is 2.17. The lowest BCUT2D eigenvalue weighted by molar-refractivity contribution is -0.118. The van der Waals surface area contributed by atoms with Crippen LogP contribution in [-0.4, -0.2) is 24.9 Å². The van der Waals surface area contributed by atoms with E-state index in [0.29, 0.717) is 30.8 Å². The van der Waals surface area contributed by atoms with E-state index in [1.165, 1.54) is 6.92 Å². The van der Waals surface area contributed by atoms with E-state index in [1.807, 2.05) is 13.8 Å². The number of furan rings is 1. The maximum Gasteiger partial charge on any atom is 0.255 e. The number of amides is 2. The number of nitrogens with one attached hydrogen (secondary N) is 2. The van der Waals surface area contributed by atoms with Crippen LogP contribution in [0.1, 0.15) is 40.8 Å². The second kappa shape index (κ2) is 6.23. The lowest BCUT2D eigenvalue weighted by Gasteiger charge is -2.05. The van der Waals surface area contributed by atoms with Gasteiger partial charge in [0.15, 0.2) is 0 Å². The van der Waals surface area contributed by atoms with Crippen LogP contribution in [0.2, 0.25) is 0 Å². The summed E-state index contributed by atoms with van der Waals surface area (Å²) in [5.41, 5.74) is 1.50. The van der Waals surface area contributed by atoms with Crippen molar-refractivity contribution >= 4 is 11.8 Å². The monoisotopic (exact) mass is 252 g/mol. The van der Waals surface area contributed by atoms with Gasteiger partial charge in [-0.1, -0.05) is 0 Å². The molecule has 0 saturated carbocycles. The van der Waals surface area contributed by atoms with Gasteiger partial charge in [-0.2, -0.15) is 0 Å². The molecule has 0 spiro atoms. The van der Waals surface area contributed by atoms with Crippen LogP contribution in [0.5, 0.6) is 0 Å². The van der Waals surface area contributed by atoms with E-state index in [-0.39, 0.29) is 11.8 Å². The number of hydrogen-bond donors (Lipinski definition) is 2. The third-order valence-corrected chi connectivity index (χ3v) is 2.80. The predicted molar refractivity (Wildman–Crippen MR) is 68.6 cm³/mol. The minimum absolute atomic E-state index is 0.0570. The van der Waals surface area contributed by atoms with Gasteiger partial charge in [-0.15, -0.1) is 0 Å². The molecular weight excluding hydrogens is 232 g/mol. The van der Waals surface area contributed by atoms with Crippen LogP contribution in [-0.2, 0) is 4.79 Å². The molecule has 0 aromatic carbocycles. The second-order valence-corrected chi connectivity index (χ2v) is 4.31. The van der Waals surface area contributed by atoms with Gasteiger partial charge < -0.3 is 15.1 Å². The molecule has 0 unspecified atom stereocenters. The van der Waals surface area contributed by atoms with Gasteiger partial charge >= 0.3 is 0 Å². The Balaban J connectivity index is 2.44. The van der Waals surface area contributed by atoms with E-state index < -0.39 is 0 Å². The van der Waals surface area contributed by atoms with Crippen LogP contribution < -0.4 is 10.6 Å². The highest BCUT2D eigenvalue weighted by Crippen LogP contribution is 2.20. The van der Waals surface area contributed by atoms with Crippen LogP contribution in [0.4, 0.5) is 0 Å². The first kappa shape index (κ1) is 14.3. The second-order valence-electron chi connectivity index (χ2n) is 4.31. The molecule has 1 aromatic rings. The Kier molecular flexibility index (Phi) is 4.95. The molecule has 5 heteroatoms. The van der Waals surface area contributed by atoms with Crippen LogP contribution in [0.25, 0.3) is 0 Å². The first-order valence-electron chi connectivity index (χ1n) is 6.02. The summed E-state index contributed by atoms with van der Waals surface area (Å²) >= 11 is 0. The fraction of sp³-hybridized carbons (Fsp3) is 0.538. The van der Waals surface area contributed by atoms with Crippen molar-refractivity contribution in [2.75, 3.05) is 13.1 Å². The number of carbonyl (C=O) groups excluding carboxylic acids is 2. The van der Waals surface area contributed by atoms with E-state index in [1.54, 1.807) is 6.92 Å². The van der Waals surface area contributed by atoms with Crippen molar-refractivity contribution in [2.24, 2.45) is 0 Å². The van der Waals surface area contributed by atoms with E-state index in [2.05, 4.69) is 10.6 Å². The molecule has 0 bridgehead atoms. The van der Waals surface area contributed by atoms with Gasteiger partial charge in [-0.3, -0.25) is 9.59 Å². The maximum absolute atomic E-state index is 11.9. The molecule has 1 rings (SSSR count).